The quantitative estimate of drug-likeness (QED) is 0.583. The third-order valence-corrected chi connectivity index (χ3v) is 6.14. The van der Waals surface area contributed by atoms with Crippen molar-refractivity contribution in [3.05, 3.63) is 35.2 Å². The molecule has 3 aromatic rings. The van der Waals surface area contributed by atoms with Gasteiger partial charge in [0.1, 0.15) is 0 Å². The van der Waals surface area contributed by atoms with Crippen molar-refractivity contribution < 1.29 is 9.26 Å². The number of thioether (sulfide) groups is 1. The highest BCUT2D eigenvalue weighted by atomic mass is 35.5. The van der Waals surface area contributed by atoms with E-state index in [1.807, 2.05) is 18.2 Å². The minimum Gasteiger partial charge on any atom is -0.376 e. The molecule has 1 aliphatic heterocycles. The standard InChI is InChI=1S/C16H16ClN5O2S2/c17-12-6-2-1-5-11(12)14-19-13(24-22-14)9-25-16-21-20-15(26-16)18-8-10-4-3-7-23-10/h1-2,5-6,10H,3-4,7-9H2,(H,18,20)/t10-/m0/s1. The van der Waals surface area contributed by atoms with E-state index in [-0.39, 0.29) is 6.10 Å². The Labute approximate surface area is 163 Å². The summed E-state index contributed by atoms with van der Waals surface area (Å²) in [4.78, 5) is 4.39. The Bertz CT molecular complexity index is 866. The van der Waals surface area contributed by atoms with E-state index in [1.165, 1.54) is 23.1 Å². The van der Waals surface area contributed by atoms with Gasteiger partial charge in [0.2, 0.25) is 16.8 Å². The molecule has 2 aromatic heterocycles. The van der Waals surface area contributed by atoms with Crippen LogP contribution < -0.4 is 5.32 Å². The van der Waals surface area contributed by atoms with Crippen LogP contribution in [0.15, 0.2) is 33.1 Å². The van der Waals surface area contributed by atoms with E-state index < -0.39 is 0 Å². The Hall–Kier alpha value is -1.68. The molecular formula is C16H16ClN5O2S2. The zero-order chi connectivity index (χ0) is 17.8. The third kappa shape index (κ3) is 4.35. The predicted molar refractivity (Wildman–Crippen MR) is 102 cm³/mol. The SMILES string of the molecule is Clc1ccccc1-c1noc(CSc2nnc(NC[C@@H]3CCCO3)s2)n1. The molecule has 0 unspecified atom stereocenters. The maximum atomic E-state index is 6.16. The molecule has 0 radical (unpaired) electrons. The van der Waals surface area contributed by atoms with Gasteiger partial charge in [0.15, 0.2) is 4.34 Å². The van der Waals surface area contributed by atoms with Crippen molar-refractivity contribution in [1.29, 1.82) is 0 Å². The van der Waals surface area contributed by atoms with E-state index in [0.29, 0.717) is 22.5 Å². The van der Waals surface area contributed by atoms with Crippen LogP contribution in [0.5, 0.6) is 0 Å². The lowest BCUT2D eigenvalue weighted by molar-refractivity contribution is 0.120. The Morgan fingerprint density at radius 1 is 1.31 bits per heavy atom. The minimum atomic E-state index is 0.275. The summed E-state index contributed by atoms with van der Waals surface area (Å²) in [6.45, 7) is 1.62. The molecule has 1 aliphatic rings. The summed E-state index contributed by atoms with van der Waals surface area (Å²) in [5, 5.41) is 17.0. The number of rotatable bonds is 7. The number of ether oxygens (including phenoxy) is 1. The average Bonchev–Trinajstić information content (AvgIpc) is 3.40. The van der Waals surface area contributed by atoms with Gasteiger partial charge in [-0.15, -0.1) is 10.2 Å². The number of hydrogen-bond donors (Lipinski definition) is 1. The number of benzene rings is 1. The second-order valence-corrected chi connectivity index (χ2v) is 8.28. The van der Waals surface area contributed by atoms with Crippen molar-refractivity contribution in [2.24, 2.45) is 0 Å². The maximum absolute atomic E-state index is 6.16. The monoisotopic (exact) mass is 409 g/mol. The first kappa shape index (κ1) is 17.7. The molecule has 1 N–H and O–H groups in total. The van der Waals surface area contributed by atoms with Crippen LogP contribution in [-0.4, -0.2) is 39.6 Å². The molecular weight excluding hydrogens is 394 g/mol. The summed E-state index contributed by atoms with van der Waals surface area (Å²) in [6, 6.07) is 7.41. The largest absolute Gasteiger partial charge is 0.376 e. The summed E-state index contributed by atoms with van der Waals surface area (Å²) >= 11 is 9.17. The van der Waals surface area contributed by atoms with Crippen LogP contribution in [0.1, 0.15) is 18.7 Å². The summed E-state index contributed by atoms with van der Waals surface area (Å²) in [6.07, 6.45) is 2.50. The Balaban J connectivity index is 1.31. The molecule has 0 saturated carbocycles. The second-order valence-electron chi connectivity index (χ2n) is 5.67. The lowest BCUT2D eigenvalue weighted by Crippen LogP contribution is -2.18. The summed E-state index contributed by atoms with van der Waals surface area (Å²) in [5.41, 5.74) is 0.755. The molecule has 136 valence electrons. The molecule has 4 rings (SSSR count). The molecule has 7 nitrogen and oxygen atoms in total. The molecule has 0 amide bonds. The molecule has 1 aromatic carbocycles. The smallest absolute Gasteiger partial charge is 0.237 e. The van der Waals surface area contributed by atoms with Crippen molar-refractivity contribution >= 4 is 39.8 Å². The fraction of sp³-hybridized carbons (Fsp3) is 0.375. The molecule has 10 heteroatoms. The van der Waals surface area contributed by atoms with Crippen LogP contribution >= 0.6 is 34.7 Å². The van der Waals surface area contributed by atoms with Gasteiger partial charge in [-0.2, -0.15) is 4.98 Å². The van der Waals surface area contributed by atoms with Gasteiger partial charge >= 0.3 is 0 Å². The van der Waals surface area contributed by atoms with Crippen LogP contribution in [0.3, 0.4) is 0 Å². The summed E-state index contributed by atoms with van der Waals surface area (Å²) < 4.78 is 11.7. The van der Waals surface area contributed by atoms with Gasteiger partial charge in [-0.3, -0.25) is 0 Å². The fourth-order valence-electron chi connectivity index (χ4n) is 2.53. The van der Waals surface area contributed by atoms with Gasteiger partial charge < -0.3 is 14.6 Å². The third-order valence-electron chi connectivity index (χ3n) is 3.81. The number of nitrogens with zero attached hydrogens (tertiary/aromatic N) is 4. The first-order chi connectivity index (χ1) is 12.8. The molecule has 0 spiro atoms. The Morgan fingerprint density at radius 3 is 3.08 bits per heavy atom. The second kappa shape index (κ2) is 8.34. The zero-order valence-electron chi connectivity index (χ0n) is 13.7. The van der Waals surface area contributed by atoms with Gasteiger partial charge in [0.05, 0.1) is 16.9 Å². The first-order valence-corrected chi connectivity index (χ1v) is 10.4. The van der Waals surface area contributed by atoms with E-state index in [2.05, 4.69) is 25.7 Å². The first-order valence-electron chi connectivity index (χ1n) is 8.17. The molecule has 1 saturated heterocycles. The number of hydrogen-bond acceptors (Lipinski definition) is 9. The number of aromatic nitrogens is 4. The molecule has 0 aliphatic carbocycles. The molecule has 0 bridgehead atoms. The predicted octanol–water partition coefficient (Wildman–Crippen LogP) is 4.12. The summed E-state index contributed by atoms with van der Waals surface area (Å²) in [5.74, 6) is 1.54. The van der Waals surface area contributed by atoms with Crippen LogP contribution in [0.4, 0.5) is 5.13 Å². The van der Waals surface area contributed by atoms with Crippen LogP contribution in [-0.2, 0) is 10.5 Å². The van der Waals surface area contributed by atoms with Crippen molar-refractivity contribution in [3.63, 3.8) is 0 Å². The van der Waals surface area contributed by atoms with Crippen molar-refractivity contribution in [1.82, 2.24) is 20.3 Å². The van der Waals surface area contributed by atoms with Gasteiger partial charge in [-0.05, 0) is 25.0 Å². The van der Waals surface area contributed by atoms with E-state index >= 15 is 0 Å². The highest BCUT2D eigenvalue weighted by Gasteiger charge is 2.16. The highest BCUT2D eigenvalue weighted by Crippen LogP contribution is 2.30. The molecule has 1 atom stereocenters. The lowest BCUT2D eigenvalue weighted by Gasteiger charge is -2.08. The van der Waals surface area contributed by atoms with Crippen molar-refractivity contribution in [2.75, 3.05) is 18.5 Å². The molecule has 26 heavy (non-hydrogen) atoms. The van der Waals surface area contributed by atoms with Crippen molar-refractivity contribution in [2.45, 2.75) is 29.0 Å². The maximum Gasteiger partial charge on any atom is 0.237 e. The van der Waals surface area contributed by atoms with Gasteiger partial charge in [-0.25, -0.2) is 0 Å². The van der Waals surface area contributed by atoms with Crippen molar-refractivity contribution in [3.8, 4) is 11.4 Å². The topological polar surface area (TPSA) is 86.0 Å². The average molecular weight is 410 g/mol. The van der Waals surface area contributed by atoms with Crippen LogP contribution in [0, 0.1) is 0 Å². The lowest BCUT2D eigenvalue weighted by atomic mass is 10.2. The van der Waals surface area contributed by atoms with Crippen LogP contribution in [0.25, 0.3) is 11.4 Å². The molecule has 3 heterocycles. The fourth-order valence-corrected chi connectivity index (χ4v) is 4.35. The van der Waals surface area contributed by atoms with Crippen LogP contribution in [0.2, 0.25) is 5.02 Å². The van der Waals surface area contributed by atoms with Gasteiger partial charge in [0, 0.05) is 18.7 Å². The molecule has 1 fully saturated rings. The van der Waals surface area contributed by atoms with E-state index in [9.17, 15) is 0 Å². The highest BCUT2D eigenvalue weighted by molar-refractivity contribution is 8.00. The van der Waals surface area contributed by atoms with Gasteiger partial charge in [-0.1, -0.05) is 52.0 Å². The zero-order valence-corrected chi connectivity index (χ0v) is 16.1. The Morgan fingerprint density at radius 2 is 2.23 bits per heavy atom. The van der Waals surface area contributed by atoms with E-state index in [4.69, 9.17) is 20.9 Å². The number of anilines is 1. The Kier molecular flexibility index (Phi) is 5.68. The number of nitrogens with one attached hydrogen (secondary N) is 1. The number of halogens is 1. The minimum absolute atomic E-state index is 0.275. The van der Waals surface area contributed by atoms with E-state index in [0.717, 1.165) is 41.0 Å². The van der Waals surface area contributed by atoms with E-state index in [1.54, 1.807) is 6.07 Å². The summed E-state index contributed by atoms with van der Waals surface area (Å²) in [7, 11) is 0. The normalized spacial score (nSPS) is 16.9. The van der Waals surface area contributed by atoms with Gasteiger partial charge in [0.25, 0.3) is 0 Å².